The van der Waals surface area contributed by atoms with Gasteiger partial charge in [-0.25, -0.2) is 0 Å². The van der Waals surface area contributed by atoms with Crippen LogP contribution in [0.5, 0.6) is 0 Å². The zero-order chi connectivity index (χ0) is 17.9. The Labute approximate surface area is 147 Å². The fourth-order valence-electron chi connectivity index (χ4n) is 3.09. The van der Waals surface area contributed by atoms with Gasteiger partial charge in [-0.2, -0.15) is 0 Å². The number of unbranched alkanes of at least 4 members (excludes halogenated alkanes) is 4. The maximum absolute atomic E-state index is 12.4. The lowest BCUT2D eigenvalue weighted by atomic mass is 9.79. The van der Waals surface area contributed by atoms with Crippen molar-refractivity contribution < 1.29 is 19.1 Å². The van der Waals surface area contributed by atoms with Crippen molar-refractivity contribution in [2.24, 2.45) is 17.8 Å². The standard InChI is InChI=1S/C20H36O4/c1-5-6-7-8-11-14-23-19(21)17-12-9-10-13-18(17)20(22)24-16(4)15(2)3/h15-18H,5-14H2,1-4H3. The van der Waals surface area contributed by atoms with E-state index >= 15 is 0 Å². The molecule has 0 aromatic carbocycles. The molecule has 3 unspecified atom stereocenters. The third-order valence-electron chi connectivity index (χ3n) is 5.10. The largest absolute Gasteiger partial charge is 0.465 e. The summed E-state index contributed by atoms with van der Waals surface area (Å²) < 4.78 is 11.0. The highest BCUT2D eigenvalue weighted by Gasteiger charge is 2.38. The number of esters is 2. The van der Waals surface area contributed by atoms with Gasteiger partial charge in [0.2, 0.25) is 0 Å². The van der Waals surface area contributed by atoms with Crippen LogP contribution >= 0.6 is 0 Å². The molecular formula is C20H36O4. The Hall–Kier alpha value is -1.06. The van der Waals surface area contributed by atoms with Crippen molar-refractivity contribution in [3.8, 4) is 0 Å². The minimum absolute atomic E-state index is 0.116. The van der Waals surface area contributed by atoms with Crippen LogP contribution in [0.25, 0.3) is 0 Å². The van der Waals surface area contributed by atoms with Gasteiger partial charge in [-0.05, 0) is 32.1 Å². The number of rotatable bonds is 10. The summed E-state index contributed by atoms with van der Waals surface area (Å²) in [6.07, 6.45) is 8.98. The molecule has 0 spiro atoms. The highest BCUT2D eigenvalue weighted by atomic mass is 16.5. The first kappa shape index (κ1) is 21.0. The molecule has 1 rings (SSSR count). The predicted octanol–water partition coefficient (Wildman–Crippen LogP) is 4.89. The van der Waals surface area contributed by atoms with Gasteiger partial charge in [-0.1, -0.05) is 59.3 Å². The molecule has 0 aromatic rings. The summed E-state index contributed by atoms with van der Waals surface area (Å²) in [5.74, 6) is -0.787. The average molecular weight is 341 g/mol. The second-order valence-electron chi connectivity index (χ2n) is 7.47. The van der Waals surface area contributed by atoms with Gasteiger partial charge in [-0.15, -0.1) is 0 Å². The molecule has 1 saturated carbocycles. The molecule has 0 saturated heterocycles. The zero-order valence-electron chi connectivity index (χ0n) is 16.0. The predicted molar refractivity (Wildman–Crippen MR) is 95.6 cm³/mol. The second kappa shape index (κ2) is 11.5. The summed E-state index contributed by atoms with van der Waals surface area (Å²) in [4.78, 5) is 24.8. The smallest absolute Gasteiger partial charge is 0.310 e. The first-order chi connectivity index (χ1) is 11.5. The first-order valence-electron chi connectivity index (χ1n) is 9.84. The van der Waals surface area contributed by atoms with Gasteiger partial charge in [0.15, 0.2) is 0 Å². The molecule has 0 aromatic heterocycles. The first-order valence-corrected chi connectivity index (χ1v) is 9.84. The van der Waals surface area contributed by atoms with E-state index in [4.69, 9.17) is 9.47 Å². The van der Waals surface area contributed by atoms with Crippen LogP contribution in [0.4, 0.5) is 0 Å². The SMILES string of the molecule is CCCCCCCOC(=O)C1CCCCC1C(=O)OC(C)C(C)C. The molecule has 3 atom stereocenters. The summed E-state index contributed by atoms with van der Waals surface area (Å²) in [6.45, 7) is 8.63. The van der Waals surface area contributed by atoms with Gasteiger partial charge in [0, 0.05) is 0 Å². The average Bonchev–Trinajstić information content (AvgIpc) is 2.57. The lowest BCUT2D eigenvalue weighted by Crippen LogP contribution is -2.37. The normalized spacial score (nSPS) is 22.2. The Balaban J connectivity index is 2.44. The quantitative estimate of drug-likeness (QED) is 0.419. The van der Waals surface area contributed by atoms with Crippen LogP contribution in [0, 0.1) is 17.8 Å². The van der Waals surface area contributed by atoms with Crippen molar-refractivity contribution in [1.29, 1.82) is 0 Å². The third-order valence-corrected chi connectivity index (χ3v) is 5.10. The van der Waals surface area contributed by atoms with Crippen LogP contribution in [0.1, 0.15) is 85.5 Å². The highest BCUT2D eigenvalue weighted by Crippen LogP contribution is 2.32. The molecular weight excluding hydrogens is 304 g/mol. The van der Waals surface area contributed by atoms with Crippen LogP contribution in [0.15, 0.2) is 0 Å². The van der Waals surface area contributed by atoms with Crippen molar-refractivity contribution in [2.75, 3.05) is 6.61 Å². The minimum Gasteiger partial charge on any atom is -0.465 e. The fourth-order valence-corrected chi connectivity index (χ4v) is 3.09. The number of carbonyl (C=O) groups is 2. The summed E-state index contributed by atoms with van der Waals surface area (Å²) >= 11 is 0. The van der Waals surface area contributed by atoms with Gasteiger partial charge in [-0.3, -0.25) is 9.59 Å². The van der Waals surface area contributed by atoms with E-state index in [0.717, 1.165) is 38.5 Å². The van der Waals surface area contributed by atoms with E-state index in [-0.39, 0.29) is 35.8 Å². The molecule has 4 nitrogen and oxygen atoms in total. The lowest BCUT2D eigenvalue weighted by molar-refractivity contribution is -0.167. The Kier molecular flexibility index (Phi) is 10.0. The zero-order valence-corrected chi connectivity index (χ0v) is 16.0. The third kappa shape index (κ3) is 7.23. The molecule has 0 radical (unpaired) electrons. The van der Waals surface area contributed by atoms with E-state index in [9.17, 15) is 9.59 Å². The molecule has 4 heteroatoms. The Morgan fingerprint density at radius 1 is 0.917 bits per heavy atom. The molecule has 1 aliphatic carbocycles. The van der Waals surface area contributed by atoms with E-state index in [0.29, 0.717) is 6.61 Å². The van der Waals surface area contributed by atoms with Crippen LogP contribution < -0.4 is 0 Å². The molecule has 0 bridgehead atoms. The molecule has 1 aliphatic rings. The van der Waals surface area contributed by atoms with Crippen LogP contribution in [0.2, 0.25) is 0 Å². The molecule has 0 aliphatic heterocycles. The van der Waals surface area contributed by atoms with Crippen molar-refractivity contribution in [1.82, 2.24) is 0 Å². The number of carbonyl (C=O) groups excluding carboxylic acids is 2. The van der Waals surface area contributed by atoms with Gasteiger partial charge >= 0.3 is 11.9 Å². The molecule has 0 N–H and O–H groups in total. The van der Waals surface area contributed by atoms with E-state index in [1.165, 1.54) is 19.3 Å². The van der Waals surface area contributed by atoms with E-state index in [1.807, 2.05) is 20.8 Å². The molecule has 0 heterocycles. The van der Waals surface area contributed by atoms with Crippen molar-refractivity contribution in [3.05, 3.63) is 0 Å². The Morgan fingerprint density at radius 2 is 1.50 bits per heavy atom. The monoisotopic (exact) mass is 340 g/mol. The van der Waals surface area contributed by atoms with Crippen LogP contribution in [-0.4, -0.2) is 24.6 Å². The number of hydrogen-bond donors (Lipinski definition) is 0. The van der Waals surface area contributed by atoms with Crippen molar-refractivity contribution >= 4 is 11.9 Å². The minimum atomic E-state index is -0.326. The Bertz CT molecular complexity index is 378. The van der Waals surface area contributed by atoms with E-state index in [1.54, 1.807) is 0 Å². The van der Waals surface area contributed by atoms with Crippen LogP contribution in [-0.2, 0) is 19.1 Å². The van der Waals surface area contributed by atoms with Crippen molar-refractivity contribution in [2.45, 2.75) is 91.6 Å². The number of ether oxygens (including phenoxy) is 2. The maximum Gasteiger partial charge on any atom is 0.310 e. The van der Waals surface area contributed by atoms with E-state index in [2.05, 4.69) is 6.92 Å². The highest BCUT2D eigenvalue weighted by molar-refractivity contribution is 5.82. The molecule has 0 amide bonds. The van der Waals surface area contributed by atoms with Gasteiger partial charge < -0.3 is 9.47 Å². The second-order valence-corrected chi connectivity index (χ2v) is 7.47. The molecule has 24 heavy (non-hydrogen) atoms. The van der Waals surface area contributed by atoms with Crippen molar-refractivity contribution in [3.63, 3.8) is 0 Å². The van der Waals surface area contributed by atoms with Gasteiger partial charge in [0.1, 0.15) is 6.10 Å². The summed E-state index contributed by atoms with van der Waals surface area (Å²) in [7, 11) is 0. The summed E-state index contributed by atoms with van der Waals surface area (Å²) in [5, 5.41) is 0. The maximum atomic E-state index is 12.4. The lowest BCUT2D eigenvalue weighted by Gasteiger charge is -2.30. The number of hydrogen-bond acceptors (Lipinski definition) is 4. The van der Waals surface area contributed by atoms with Crippen LogP contribution in [0.3, 0.4) is 0 Å². The molecule has 140 valence electrons. The van der Waals surface area contributed by atoms with Gasteiger partial charge in [0.05, 0.1) is 18.4 Å². The summed E-state index contributed by atoms with van der Waals surface area (Å²) in [6, 6.07) is 0. The molecule has 1 fully saturated rings. The van der Waals surface area contributed by atoms with E-state index < -0.39 is 0 Å². The topological polar surface area (TPSA) is 52.6 Å². The fraction of sp³-hybridized carbons (Fsp3) is 0.900. The Morgan fingerprint density at radius 3 is 2.08 bits per heavy atom. The summed E-state index contributed by atoms with van der Waals surface area (Å²) in [5.41, 5.74) is 0. The van der Waals surface area contributed by atoms with Gasteiger partial charge in [0.25, 0.3) is 0 Å².